The topological polar surface area (TPSA) is 24.5 Å². The molecule has 0 amide bonds. The third-order valence-electron chi connectivity index (χ3n) is 3.93. The molecule has 0 saturated carbocycles. The fourth-order valence-corrected chi connectivity index (χ4v) is 4.09. The molecule has 0 radical (unpaired) electrons. The lowest BCUT2D eigenvalue weighted by atomic mass is 10.0. The molecule has 0 aromatic heterocycles. The van der Waals surface area contributed by atoms with Crippen LogP contribution in [0.5, 0.6) is 0 Å². The van der Waals surface area contributed by atoms with Crippen molar-refractivity contribution < 1.29 is 4.74 Å². The number of hydrogen-bond donors (Lipinski definition) is 1. The molecule has 1 N–H and O–H groups in total. The summed E-state index contributed by atoms with van der Waals surface area (Å²) in [6.45, 7) is 6.00. The molecule has 5 heteroatoms. The van der Waals surface area contributed by atoms with Crippen LogP contribution >= 0.6 is 23.4 Å². The zero-order valence-electron chi connectivity index (χ0n) is 11.6. The quantitative estimate of drug-likeness (QED) is 0.924. The summed E-state index contributed by atoms with van der Waals surface area (Å²) in [6, 6.07) is 6.71. The van der Waals surface area contributed by atoms with Crippen molar-refractivity contribution >= 4 is 23.4 Å². The molecule has 110 valence electrons. The molecule has 0 bridgehead atoms. The first-order valence-corrected chi connectivity index (χ1v) is 8.65. The van der Waals surface area contributed by atoms with E-state index >= 15 is 0 Å². The van der Waals surface area contributed by atoms with Crippen LogP contribution in [0.15, 0.2) is 23.1 Å². The van der Waals surface area contributed by atoms with Gasteiger partial charge in [-0.05, 0) is 35.9 Å². The third kappa shape index (κ3) is 3.68. The molecule has 3 rings (SSSR count). The Balaban J connectivity index is 1.54. The Hall–Kier alpha value is -0.260. The van der Waals surface area contributed by atoms with Gasteiger partial charge in [0.15, 0.2) is 0 Å². The number of rotatable bonds is 4. The van der Waals surface area contributed by atoms with Crippen LogP contribution in [0.2, 0.25) is 5.02 Å². The fourth-order valence-electron chi connectivity index (χ4n) is 2.80. The third-order valence-corrected chi connectivity index (χ3v) is 5.29. The summed E-state index contributed by atoms with van der Waals surface area (Å²) in [7, 11) is 0. The Bertz CT molecular complexity index is 451. The number of fused-ring (bicyclic) bond motifs is 1. The molecule has 20 heavy (non-hydrogen) atoms. The SMILES string of the molecule is Clc1ccc2c(c1)C(NCCN1CCOCC1)CCS2. The van der Waals surface area contributed by atoms with Crippen molar-refractivity contribution in [2.24, 2.45) is 0 Å². The summed E-state index contributed by atoms with van der Waals surface area (Å²) in [6.07, 6.45) is 1.18. The molecule has 2 aliphatic heterocycles. The first kappa shape index (κ1) is 14.7. The highest BCUT2D eigenvalue weighted by Gasteiger charge is 2.20. The normalized spacial score (nSPS) is 23.6. The van der Waals surface area contributed by atoms with E-state index in [0.29, 0.717) is 6.04 Å². The van der Waals surface area contributed by atoms with Crippen molar-refractivity contribution in [1.29, 1.82) is 0 Å². The minimum Gasteiger partial charge on any atom is -0.379 e. The molecular weight excluding hydrogens is 292 g/mol. The van der Waals surface area contributed by atoms with Gasteiger partial charge in [0.1, 0.15) is 0 Å². The maximum absolute atomic E-state index is 6.14. The molecule has 1 aromatic rings. The smallest absolute Gasteiger partial charge is 0.0594 e. The van der Waals surface area contributed by atoms with E-state index in [2.05, 4.69) is 22.3 Å². The number of halogens is 1. The van der Waals surface area contributed by atoms with E-state index in [0.717, 1.165) is 44.4 Å². The maximum Gasteiger partial charge on any atom is 0.0594 e. The molecule has 1 saturated heterocycles. The number of nitrogens with one attached hydrogen (secondary N) is 1. The maximum atomic E-state index is 6.14. The summed E-state index contributed by atoms with van der Waals surface area (Å²) in [5.41, 5.74) is 1.37. The minimum atomic E-state index is 0.450. The number of ether oxygens (including phenoxy) is 1. The number of thioether (sulfide) groups is 1. The molecule has 1 fully saturated rings. The number of morpholine rings is 1. The molecule has 0 spiro atoms. The monoisotopic (exact) mass is 312 g/mol. The molecule has 2 aliphatic rings. The lowest BCUT2D eigenvalue weighted by Gasteiger charge is -2.29. The predicted molar refractivity (Wildman–Crippen MR) is 84.8 cm³/mol. The lowest BCUT2D eigenvalue weighted by molar-refractivity contribution is 0.0381. The van der Waals surface area contributed by atoms with Crippen molar-refractivity contribution in [2.45, 2.75) is 17.4 Å². The van der Waals surface area contributed by atoms with E-state index in [1.54, 1.807) is 0 Å². The summed E-state index contributed by atoms with van der Waals surface area (Å²) >= 11 is 8.08. The highest BCUT2D eigenvalue weighted by molar-refractivity contribution is 7.99. The standard InChI is InChI=1S/C15H21ClN2OS/c16-12-1-2-15-13(11-12)14(3-10-20-15)17-4-5-18-6-8-19-9-7-18/h1-2,11,14,17H,3-10H2. The second-order valence-corrected chi connectivity index (χ2v) is 6.85. The average molecular weight is 313 g/mol. The Kier molecular flexibility index (Phi) is 5.24. The molecular formula is C15H21ClN2OS. The van der Waals surface area contributed by atoms with Crippen molar-refractivity contribution in [3.8, 4) is 0 Å². The zero-order chi connectivity index (χ0) is 13.8. The fraction of sp³-hybridized carbons (Fsp3) is 0.600. The van der Waals surface area contributed by atoms with Gasteiger partial charge in [-0.15, -0.1) is 11.8 Å². The number of nitrogens with zero attached hydrogens (tertiary/aromatic N) is 1. The van der Waals surface area contributed by atoms with Crippen LogP contribution < -0.4 is 5.32 Å². The summed E-state index contributed by atoms with van der Waals surface area (Å²) in [5.74, 6) is 1.18. The Morgan fingerprint density at radius 1 is 1.35 bits per heavy atom. The van der Waals surface area contributed by atoms with Gasteiger partial charge in [0.2, 0.25) is 0 Å². The number of hydrogen-bond acceptors (Lipinski definition) is 4. The van der Waals surface area contributed by atoms with Crippen LogP contribution in [0, 0.1) is 0 Å². The largest absolute Gasteiger partial charge is 0.379 e. The zero-order valence-corrected chi connectivity index (χ0v) is 13.2. The van der Waals surface area contributed by atoms with Gasteiger partial charge in [0.05, 0.1) is 13.2 Å². The van der Waals surface area contributed by atoms with Crippen LogP contribution in [-0.4, -0.2) is 50.0 Å². The van der Waals surface area contributed by atoms with Crippen LogP contribution in [0.4, 0.5) is 0 Å². The minimum absolute atomic E-state index is 0.450. The van der Waals surface area contributed by atoms with E-state index in [9.17, 15) is 0 Å². The van der Waals surface area contributed by atoms with Crippen LogP contribution in [-0.2, 0) is 4.74 Å². The van der Waals surface area contributed by atoms with Gasteiger partial charge in [-0.25, -0.2) is 0 Å². The van der Waals surface area contributed by atoms with E-state index in [1.165, 1.54) is 22.6 Å². The van der Waals surface area contributed by atoms with Crippen molar-refractivity contribution in [2.75, 3.05) is 45.1 Å². The van der Waals surface area contributed by atoms with Gasteiger partial charge in [-0.3, -0.25) is 4.90 Å². The average Bonchev–Trinajstić information content (AvgIpc) is 2.49. The van der Waals surface area contributed by atoms with Gasteiger partial charge in [-0.1, -0.05) is 11.6 Å². The van der Waals surface area contributed by atoms with E-state index in [4.69, 9.17) is 16.3 Å². The van der Waals surface area contributed by atoms with Gasteiger partial charge >= 0.3 is 0 Å². The van der Waals surface area contributed by atoms with Crippen LogP contribution in [0.3, 0.4) is 0 Å². The van der Waals surface area contributed by atoms with Crippen LogP contribution in [0.1, 0.15) is 18.0 Å². The van der Waals surface area contributed by atoms with Gasteiger partial charge in [0.25, 0.3) is 0 Å². The predicted octanol–water partition coefficient (Wildman–Crippen LogP) is 2.80. The summed E-state index contributed by atoms with van der Waals surface area (Å²) < 4.78 is 5.38. The van der Waals surface area contributed by atoms with Crippen LogP contribution in [0.25, 0.3) is 0 Å². The molecule has 1 unspecified atom stereocenters. The highest BCUT2D eigenvalue weighted by atomic mass is 35.5. The van der Waals surface area contributed by atoms with Gasteiger partial charge in [0, 0.05) is 42.1 Å². The van der Waals surface area contributed by atoms with E-state index < -0.39 is 0 Å². The lowest BCUT2D eigenvalue weighted by Crippen LogP contribution is -2.41. The Labute approximate surface area is 130 Å². The molecule has 2 heterocycles. The Morgan fingerprint density at radius 3 is 3.05 bits per heavy atom. The summed E-state index contributed by atoms with van der Waals surface area (Å²) in [5, 5.41) is 4.54. The van der Waals surface area contributed by atoms with Crippen molar-refractivity contribution in [3.05, 3.63) is 28.8 Å². The van der Waals surface area contributed by atoms with Crippen molar-refractivity contribution in [3.63, 3.8) is 0 Å². The number of benzene rings is 1. The molecule has 0 aliphatic carbocycles. The van der Waals surface area contributed by atoms with Gasteiger partial charge < -0.3 is 10.1 Å². The Morgan fingerprint density at radius 2 is 2.20 bits per heavy atom. The van der Waals surface area contributed by atoms with E-state index in [1.807, 2.05) is 17.8 Å². The molecule has 3 nitrogen and oxygen atoms in total. The van der Waals surface area contributed by atoms with E-state index in [-0.39, 0.29) is 0 Å². The summed E-state index contributed by atoms with van der Waals surface area (Å²) in [4.78, 5) is 3.84. The highest BCUT2D eigenvalue weighted by Crippen LogP contribution is 2.37. The second-order valence-electron chi connectivity index (χ2n) is 5.28. The van der Waals surface area contributed by atoms with Gasteiger partial charge in [-0.2, -0.15) is 0 Å². The second kappa shape index (κ2) is 7.14. The van der Waals surface area contributed by atoms with Crippen molar-refractivity contribution in [1.82, 2.24) is 10.2 Å². The first-order chi connectivity index (χ1) is 9.83. The first-order valence-electron chi connectivity index (χ1n) is 7.29. The molecule has 1 atom stereocenters. The molecule has 1 aromatic carbocycles.